The first-order valence-electron chi connectivity index (χ1n) is 9.32. The predicted molar refractivity (Wildman–Crippen MR) is 91.8 cm³/mol. The highest BCUT2D eigenvalue weighted by atomic mass is 16.3. The molecule has 24 heavy (non-hydrogen) atoms. The van der Waals surface area contributed by atoms with Gasteiger partial charge in [0.1, 0.15) is 6.07 Å². The van der Waals surface area contributed by atoms with Gasteiger partial charge in [-0.05, 0) is 73.3 Å². The third kappa shape index (κ3) is 1.73. The molecule has 0 radical (unpaired) electrons. The predicted octanol–water partition coefficient (Wildman–Crippen LogP) is 3.94. The van der Waals surface area contributed by atoms with Crippen LogP contribution >= 0.6 is 0 Å². The Morgan fingerprint density at radius 2 is 2.00 bits per heavy atom. The second kappa shape index (κ2) is 4.82. The maximum Gasteiger partial charge on any atom is 0.178 e. The van der Waals surface area contributed by atoms with E-state index in [0.29, 0.717) is 29.7 Å². The first kappa shape index (κ1) is 16.1. The summed E-state index contributed by atoms with van der Waals surface area (Å²) in [4.78, 5) is 11.9. The van der Waals surface area contributed by atoms with Crippen LogP contribution in [0.5, 0.6) is 0 Å². The fourth-order valence-electron chi connectivity index (χ4n) is 6.73. The number of rotatable bonds is 0. The topological polar surface area (TPSA) is 61.1 Å². The number of carbonyl (C=O) groups excluding carboxylic acids is 1. The number of hydrogen-bond acceptors (Lipinski definition) is 3. The molecule has 4 rings (SSSR count). The van der Waals surface area contributed by atoms with Crippen molar-refractivity contribution in [3.8, 4) is 6.07 Å². The second-order valence-corrected chi connectivity index (χ2v) is 9.05. The van der Waals surface area contributed by atoms with Crippen molar-refractivity contribution in [3.63, 3.8) is 0 Å². The molecule has 0 aliphatic heterocycles. The third-order valence-corrected chi connectivity index (χ3v) is 8.32. The summed E-state index contributed by atoms with van der Waals surface area (Å²) in [7, 11) is 0. The number of allylic oxidation sites excluding steroid dienone is 1. The van der Waals surface area contributed by atoms with Crippen molar-refractivity contribution in [2.75, 3.05) is 0 Å². The summed E-state index contributed by atoms with van der Waals surface area (Å²) in [5.74, 6) is 1.72. The molecule has 0 bridgehead atoms. The number of carbonyl (C=O) groups is 1. The molecule has 3 heteroatoms. The smallest absolute Gasteiger partial charge is 0.178 e. The van der Waals surface area contributed by atoms with Gasteiger partial charge in [-0.2, -0.15) is 5.26 Å². The molecule has 0 unspecified atom stereocenters. The van der Waals surface area contributed by atoms with Gasteiger partial charge in [-0.1, -0.05) is 26.0 Å². The molecule has 0 spiro atoms. The van der Waals surface area contributed by atoms with Gasteiger partial charge in [-0.25, -0.2) is 0 Å². The molecule has 0 saturated heterocycles. The third-order valence-electron chi connectivity index (χ3n) is 8.32. The Labute approximate surface area is 144 Å². The fourth-order valence-corrected chi connectivity index (χ4v) is 6.73. The summed E-state index contributed by atoms with van der Waals surface area (Å²) in [6, 6.07) is 2.20. The van der Waals surface area contributed by atoms with Gasteiger partial charge in [0.2, 0.25) is 0 Å². The van der Waals surface area contributed by atoms with Crippen molar-refractivity contribution in [2.45, 2.75) is 64.4 Å². The van der Waals surface area contributed by atoms with Gasteiger partial charge in [0.05, 0.1) is 0 Å². The number of fused-ring (bicyclic) bond motifs is 5. The standard InChI is InChI=1S/C21H27NO2/c1-13-10-18-16-5-4-14-11-15(23)6-8-19(14,2)17(16)7-9-20(18,3)21(13,24)12-22/h11,16-18,24H,1,4-10H2,2-3H3/t16-,17+,18+,19+,20+,21+/m1/s1. The van der Waals surface area contributed by atoms with Crippen molar-refractivity contribution in [2.24, 2.45) is 28.6 Å². The number of nitriles is 1. The van der Waals surface area contributed by atoms with Crippen LogP contribution in [0.3, 0.4) is 0 Å². The molecule has 3 fully saturated rings. The zero-order valence-corrected chi connectivity index (χ0v) is 14.8. The van der Waals surface area contributed by atoms with Crippen LogP contribution in [0.15, 0.2) is 23.8 Å². The molecule has 3 saturated carbocycles. The van der Waals surface area contributed by atoms with Crippen LogP contribution in [0.25, 0.3) is 0 Å². The Morgan fingerprint density at radius 3 is 2.71 bits per heavy atom. The highest BCUT2D eigenvalue weighted by molar-refractivity contribution is 5.91. The van der Waals surface area contributed by atoms with Crippen LogP contribution in [0.4, 0.5) is 0 Å². The minimum Gasteiger partial charge on any atom is -0.371 e. The van der Waals surface area contributed by atoms with Crippen molar-refractivity contribution in [1.29, 1.82) is 5.26 Å². The van der Waals surface area contributed by atoms with Gasteiger partial charge < -0.3 is 5.11 Å². The van der Waals surface area contributed by atoms with E-state index >= 15 is 0 Å². The molecular weight excluding hydrogens is 298 g/mol. The van der Waals surface area contributed by atoms with E-state index in [0.717, 1.165) is 38.5 Å². The molecule has 1 N–H and O–H groups in total. The van der Waals surface area contributed by atoms with E-state index in [1.54, 1.807) is 0 Å². The average Bonchev–Trinajstić information content (AvgIpc) is 2.76. The number of nitrogens with zero attached hydrogens (tertiary/aromatic N) is 1. The monoisotopic (exact) mass is 325 g/mol. The Kier molecular flexibility index (Phi) is 3.23. The first-order valence-corrected chi connectivity index (χ1v) is 9.32. The maximum absolute atomic E-state index is 11.9. The summed E-state index contributed by atoms with van der Waals surface area (Å²) in [6.45, 7) is 8.52. The lowest BCUT2D eigenvalue weighted by atomic mass is 9.46. The fraction of sp³-hybridized carbons (Fsp3) is 0.714. The first-order chi connectivity index (χ1) is 11.3. The maximum atomic E-state index is 11.9. The van der Waals surface area contributed by atoms with Gasteiger partial charge in [0.15, 0.2) is 11.4 Å². The Bertz CT molecular complexity index is 701. The van der Waals surface area contributed by atoms with Gasteiger partial charge in [-0.15, -0.1) is 0 Å². The lowest BCUT2D eigenvalue weighted by Gasteiger charge is -2.58. The SMILES string of the molecule is C=C1C[C@H]2[C@@H]3CCC4=CC(=O)CC[C@]4(C)[C@H]3CC[C@]2(C)[C@]1(O)C#N. The minimum atomic E-state index is -1.37. The number of aliphatic hydroxyl groups is 1. The molecule has 0 aromatic heterocycles. The zero-order chi connectivity index (χ0) is 17.3. The van der Waals surface area contributed by atoms with E-state index in [4.69, 9.17) is 0 Å². The van der Waals surface area contributed by atoms with Crippen LogP contribution in [-0.2, 0) is 4.79 Å². The van der Waals surface area contributed by atoms with Crippen LogP contribution in [0.1, 0.15) is 58.8 Å². The lowest BCUT2D eigenvalue weighted by molar-refractivity contribution is -0.119. The number of hydrogen-bond donors (Lipinski definition) is 1. The summed E-state index contributed by atoms with van der Waals surface area (Å²) in [6.07, 6.45) is 8.31. The quantitative estimate of drug-likeness (QED) is 0.542. The normalized spacial score (nSPS) is 50.4. The molecular formula is C21H27NO2. The molecule has 128 valence electrons. The second-order valence-electron chi connectivity index (χ2n) is 9.05. The van der Waals surface area contributed by atoms with Crippen molar-refractivity contribution >= 4 is 5.78 Å². The van der Waals surface area contributed by atoms with Crippen molar-refractivity contribution in [1.82, 2.24) is 0 Å². The summed E-state index contributed by atoms with van der Waals surface area (Å²) in [5, 5.41) is 20.7. The van der Waals surface area contributed by atoms with E-state index in [9.17, 15) is 15.2 Å². The molecule has 0 aromatic rings. The minimum absolute atomic E-state index is 0.132. The summed E-state index contributed by atoms with van der Waals surface area (Å²) in [5.41, 5.74) is 0.455. The van der Waals surface area contributed by atoms with Gasteiger partial charge in [0, 0.05) is 11.8 Å². The van der Waals surface area contributed by atoms with Crippen molar-refractivity contribution in [3.05, 3.63) is 23.8 Å². The van der Waals surface area contributed by atoms with E-state index in [1.165, 1.54) is 5.57 Å². The van der Waals surface area contributed by atoms with Crippen LogP contribution in [0.2, 0.25) is 0 Å². The van der Waals surface area contributed by atoms with E-state index in [2.05, 4.69) is 26.5 Å². The van der Waals surface area contributed by atoms with Gasteiger partial charge >= 0.3 is 0 Å². The van der Waals surface area contributed by atoms with Gasteiger partial charge in [0.25, 0.3) is 0 Å². The van der Waals surface area contributed by atoms with Crippen LogP contribution in [0, 0.1) is 39.9 Å². The lowest BCUT2D eigenvalue weighted by Crippen LogP contribution is -2.54. The van der Waals surface area contributed by atoms with Gasteiger partial charge in [-0.3, -0.25) is 4.79 Å². The van der Waals surface area contributed by atoms with Crippen molar-refractivity contribution < 1.29 is 9.90 Å². The Hall–Kier alpha value is -1.40. The summed E-state index contributed by atoms with van der Waals surface area (Å²) < 4.78 is 0. The van der Waals surface area contributed by atoms with Crippen LogP contribution in [-0.4, -0.2) is 16.5 Å². The van der Waals surface area contributed by atoms with E-state index in [1.807, 2.05) is 6.08 Å². The van der Waals surface area contributed by atoms with E-state index < -0.39 is 5.60 Å². The Balaban J connectivity index is 1.73. The molecule has 0 aromatic carbocycles. The molecule has 0 heterocycles. The highest BCUT2D eigenvalue weighted by Crippen LogP contribution is 2.68. The molecule has 3 nitrogen and oxygen atoms in total. The molecule has 4 aliphatic rings. The molecule has 6 atom stereocenters. The van der Waals surface area contributed by atoms with E-state index in [-0.39, 0.29) is 16.6 Å². The summed E-state index contributed by atoms with van der Waals surface area (Å²) >= 11 is 0. The Morgan fingerprint density at radius 1 is 1.25 bits per heavy atom. The molecule has 0 amide bonds. The highest BCUT2D eigenvalue weighted by Gasteiger charge is 2.65. The number of ketones is 1. The average molecular weight is 325 g/mol. The van der Waals surface area contributed by atoms with Crippen LogP contribution < -0.4 is 0 Å². The largest absolute Gasteiger partial charge is 0.371 e. The molecule has 4 aliphatic carbocycles. The zero-order valence-electron chi connectivity index (χ0n) is 14.8.